The third-order valence-electron chi connectivity index (χ3n) is 10.9. The third kappa shape index (κ3) is 2.01. The van der Waals surface area contributed by atoms with Crippen molar-refractivity contribution in [2.75, 3.05) is 25.1 Å². The summed E-state index contributed by atoms with van der Waals surface area (Å²) in [5, 5.41) is 24.1. The van der Waals surface area contributed by atoms with Crippen molar-refractivity contribution in [1.82, 2.24) is 0 Å². The second kappa shape index (κ2) is 6.25. The van der Waals surface area contributed by atoms with Crippen molar-refractivity contribution >= 4 is 5.69 Å². The monoisotopic (exact) mass is 425 g/mol. The van der Waals surface area contributed by atoms with E-state index in [0.717, 1.165) is 49.7 Å². The maximum atomic E-state index is 12.1. The van der Waals surface area contributed by atoms with Gasteiger partial charge in [-0.15, -0.1) is 0 Å². The molecule has 5 bridgehead atoms. The molecule has 11 atom stereocenters. The van der Waals surface area contributed by atoms with Gasteiger partial charge in [-0.05, 0) is 43.2 Å². The van der Waals surface area contributed by atoms with Gasteiger partial charge in [-0.1, -0.05) is 25.1 Å². The van der Waals surface area contributed by atoms with Crippen LogP contribution in [0.3, 0.4) is 0 Å². The van der Waals surface area contributed by atoms with Crippen LogP contribution in [0.15, 0.2) is 24.3 Å². The Balaban J connectivity index is 1.42. The van der Waals surface area contributed by atoms with E-state index in [2.05, 4.69) is 43.1 Å². The lowest BCUT2D eigenvalue weighted by Gasteiger charge is -2.68. The molecule has 2 N–H and O–H groups in total. The topological polar surface area (TPSA) is 52.9 Å². The standard InChI is InChI=1S/C26H37N2O3/c1-3-16-17-12-20-23-26(18-9-4-5-10-19(18)27(23)2)13-21(22(17)24(26)29)28(20,25(16)30)14-15-8-6-7-11-31-15/h4-5,9-10,15-17,20-25,29-30H,3,6-8,11-14H2,1-2H3/q+1/t15?,16-,17-,20?,21-,22?,23-,24-,25+,26?,28?/m0/s1. The number of hydrogen-bond donors (Lipinski definition) is 2. The van der Waals surface area contributed by atoms with E-state index in [1.165, 1.54) is 17.7 Å². The maximum Gasteiger partial charge on any atom is 0.194 e. The molecule has 1 spiro atoms. The van der Waals surface area contributed by atoms with Gasteiger partial charge in [0.05, 0.1) is 23.6 Å². The molecule has 6 heterocycles. The van der Waals surface area contributed by atoms with Gasteiger partial charge in [-0.25, -0.2) is 0 Å². The molecule has 1 aromatic rings. The summed E-state index contributed by atoms with van der Waals surface area (Å²) in [6, 6.07) is 9.80. The van der Waals surface area contributed by atoms with Crippen LogP contribution in [0.5, 0.6) is 0 Å². The van der Waals surface area contributed by atoms with E-state index < -0.39 is 0 Å². The van der Waals surface area contributed by atoms with Gasteiger partial charge in [-0.2, -0.15) is 0 Å². The molecule has 0 radical (unpaired) electrons. The molecule has 31 heavy (non-hydrogen) atoms. The van der Waals surface area contributed by atoms with Gasteiger partial charge in [0, 0.05) is 44.0 Å². The molecule has 6 fully saturated rings. The van der Waals surface area contributed by atoms with Gasteiger partial charge >= 0.3 is 0 Å². The fraction of sp³-hybridized carbons (Fsp3) is 0.769. The van der Waals surface area contributed by atoms with Crippen LogP contribution >= 0.6 is 0 Å². The summed E-state index contributed by atoms with van der Waals surface area (Å²) < 4.78 is 7.08. The number of aliphatic hydroxyl groups excluding tert-OH is 2. The number of para-hydroxylation sites is 1. The van der Waals surface area contributed by atoms with Crippen molar-refractivity contribution in [2.24, 2.45) is 17.8 Å². The molecule has 5 nitrogen and oxygen atoms in total. The number of likely N-dealkylation sites (N-methyl/N-ethyl adjacent to an activating group) is 1. The highest BCUT2D eigenvalue weighted by atomic mass is 16.5. The van der Waals surface area contributed by atoms with Crippen molar-refractivity contribution in [3.63, 3.8) is 0 Å². The molecule has 1 saturated carbocycles. The van der Waals surface area contributed by atoms with Crippen molar-refractivity contribution in [3.8, 4) is 0 Å². The Hall–Kier alpha value is -1.14. The molecule has 1 aromatic carbocycles. The van der Waals surface area contributed by atoms with Crippen molar-refractivity contribution in [1.29, 1.82) is 0 Å². The van der Waals surface area contributed by atoms with Crippen LogP contribution in [0, 0.1) is 17.8 Å². The smallest absolute Gasteiger partial charge is 0.194 e. The highest BCUT2D eigenvalue weighted by molar-refractivity contribution is 5.66. The summed E-state index contributed by atoms with van der Waals surface area (Å²) in [7, 11) is 2.24. The van der Waals surface area contributed by atoms with Gasteiger partial charge in [0.25, 0.3) is 0 Å². The summed E-state index contributed by atoms with van der Waals surface area (Å²) in [4.78, 5) is 2.48. The number of rotatable bonds is 3. The van der Waals surface area contributed by atoms with Crippen LogP contribution in [0.2, 0.25) is 0 Å². The zero-order chi connectivity index (χ0) is 21.1. The first-order valence-electron chi connectivity index (χ1n) is 12.7. The number of anilines is 1. The second-order valence-electron chi connectivity index (χ2n) is 11.5. The Bertz CT molecular complexity index is 902. The number of piperidine rings is 4. The number of nitrogens with zero attached hydrogens (tertiary/aromatic N) is 2. The summed E-state index contributed by atoms with van der Waals surface area (Å²) in [6.45, 7) is 4.03. The number of aliphatic hydroxyl groups is 2. The average molecular weight is 426 g/mol. The molecule has 8 rings (SSSR count). The molecule has 0 aromatic heterocycles. The van der Waals surface area contributed by atoms with Gasteiger partial charge in [0.1, 0.15) is 18.7 Å². The van der Waals surface area contributed by atoms with Gasteiger partial charge in [-0.3, -0.25) is 4.48 Å². The van der Waals surface area contributed by atoms with E-state index in [1.807, 2.05) is 0 Å². The van der Waals surface area contributed by atoms with E-state index in [9.17, 15) is 10.2 Å². The number of quaternary nitrogens is 1. The number of benzene rings is 1. The van der Waals surface area contributed by atoms with Crippen LogP contribution in [0.25, 0.3) is 0 Å². The molecule has 1 aliphatic carbocycles. The van der Waals surface area contributed by atoms with Gasteiger partial charge in [0.2, 0.25) is 0 Å². The van der Waals surface area contributed by atoms with Crippen molar-refractivity contribution in [2.45, 2.75) is 87.4 Å². The summed E-state index contributed by atoms with van der Waals surface area (Å²) in [6.07, 6.45) is 6.30. The van der Waals surface area contributed by atoms with Crippen molar-refractivity contribution in [3.05, 3.63) is 29.8 Å². The predicted octanol–water partition coefficient (Wildman–Crippen LogP) is 2.64. The molecule has 5 saturated heterocycles. The van der Waals surface area contributed by atoms with E-state index in [4.69, 9.17) is 4.74 Å². The molecule has 6 aliphatic heterocycles. The van der Waals surface area contributed by atoms with E-state index in [-0.39, 0.29) is 29.9 Å². The lowest BCUT2D eigenvalue weighted by atomic mass is 9.60. The molecule has 7 aliphatic rings. The fourth-order valence-corrected chi connectivity index (χ4v) is 10.1. The predicted molar refractivity (Wildman–Crippen MR) is 119 cm³/mol. The van der Waals surface area contributed by atoms with Gasteiger partial charge < -0.3 is 19.8 Å². The van der Waals surface area contributed by atoms with Crippen LogP contribution in [-0.2, 0) is 10.2 Å². The minimum atomic E-state index is -0.319. The zero-order valence-electron chi connectivity index (χ0n) is 18.9. The minimum absolute atomic E-state index is 0.169. The summed E-state index contributed by atoms with van der Waals surface area (Å²) in [5.41, 5.74) is 2.49. The van der Waals surface area contributed by atoms with E-state index in [0.29, 0.717) is 29.8 Å². The molecule has 5 heteroatoms. The Kier molecular flexibility index (Phi) is 3.90. The summed E-state index contributed by atoms with van der Waals surface area (Å²) >= 11 is 0. The highest BCUT2D eigenvalue weighted by Crippen LogP contribution is 2.71. The van der Waals surface area contributed by atoms with Gasteiger partial charge in [0.15, 0.2) is 6.23 Å². The van der Waals surface area contributed by atoms with Crippen LogP contribution in [0.1, 0.15) is 51.0 Å². The SMILES string of the molecule is CC[C@H]1[C@@H]2CC3[C@@H]4N(C)c5ccccc5C45C[C@@H](C2[C@@H]5O)[N+]3(CC2CCCCO2)[C@@H]1O. The molecule has 168 valence electrons. The normalized spacial score (nSPS) is 53.7. The first-order chi connectivity index (χ1) is 15.1. The summed E-state index contributed by atoms with van der Waals surface area (Å²) in [5.74, 6) is 1.05. The third-order valence-corrected chi connectivity index (χ3v) is 10.9. The fourth-order valence-electron chi connectivity index (χ4n) is 10.1. The highest BCUT2D eigenvalue weighted by Gasteiger charge is 2.83. The number of fused-ring (bicyclic) bond motifs is 2. The van der Waals surface area contributed by atoms with E-state index in [1.54, 1.807) is 0 Å². The lowest BCUT2D eigenvalue weighted by Crippen LogP contribution is -2.83. The van der Waals surface area contributed by atoms with Crippen molar-refractivity contribution < 1.29 is 19.4 Å². The maximum absolute atomic E-state index is 12.1. The second-order valence-corrected chi connectivity index (χ2v) is 11.5. The largest absolute Gasteiger partial charge is 0.392 e. The Labute approximate surface area is 185 Å². The van der Waals surface area contributed by atoms with Crippen LogP contribution in [0.4, 0.5) is 5.69 Å². The van der Waals surface area contributed by atoms with Crippen LogP contribution in [-0.4, -0.2) is 71.5 Å². The lowest BCUT2D eigenvalue weighted by molar-refractivity contribution is -1.04. The van der Waals surface area contributed by atoms with Crippen LogP contribution < -0.4 is 4.90 Å². The first kappa shape index (κ1) is 19.3. The minimum Gasteiger partial charge on any atom is -0.392 e. The van der Waals surface area contributed by atoms with E-state index >= 15 is 0 Å². The first-order valence-corrected chi connectivity index (χ1v) is 12.7. The Morgan fingerprint density at radius 3 is 2.81 bits per heavy atom. The molecule has 0 amide bonds. The molecule has 5 unspecified atom stereocenters. The number of ether oxygens (including phenoxy) is 1. The Morgan fingerprint density at radius 1 is 1.19 bits per heavy atom. The molecular weight excluding hydrogens is 388 g/mol. The zero-order valence-corrected chi connectivity index (χ0v) is 18.9. The quantitative estimate of drug-likeness (QED) is 0.731. The Morgan fingerprint density at radius 2 is 2.03 bits per heavy atom. The molecular formula is C26H37N2O3+. The average Bonchev–Trinajstić information content (AvgIpc) is 3.18. The number of hydrogen-bond acceptors (Lipinski definition) is 4.